The highest BCUT2D eigenvalue weighted by Gasteiger charge is 2.43. The predicted molar refractivity (Wildman–Crippen MR) is 126 cm³/mol. The zero-order chi connectivity index (χ0) is 25.0. The Bertz CT molecular complexity index is 1500. The third kappa shape index (κ3) is 3.67. The van der Waals surface area contributed by atoms with E-state index in [4.69, 9.17) is 4.42 Å². The summed E-state index contributed by atoms with van der Waals surface area (Å²) < 4.78 is 45.7. The Hall–Kier alpha value is -3.99. The number of hydrogen-bond acceptors (Lipinski definition) is 8. The van der Waals surface area contributed by atoms with Gasteiger partial charge in [0.1, 0.15) is 17.2 Å². The average Bonchev–Trinajstić information content (AvgIpc) is 3.64. The molecule has 0 unspecified atom stereocenters. The van der Waals surface area contributed by atoms with Crippen LogP contribution in [0.2, 0.25) is 0 Å². The lowest BCUT2D eigenvalue weighted by Crippen LogP contribution is -2.51. The van der Waals surface area contributed by atoms with Crippen LogP contribution in [-0.2, 0) is 6.54 Å². The van der Waals surface area contributed by atoms with Gasteiger partial charge in [0.2, 0.25) is 5.89 Å². The van der Waals surface area contributed by atoms with Crippen molar-refractivity contribution in [3.05, 3.63) is 86.2 Å². The lowest BCUT2D eigenvalue weighted by atomic mass is 10.1. The van der Waals surface area contributed by atoms with Crippen LogP contribution >= 0.6 is 0 Å². The minimum absolute atomic E-state index is 0.0275. The van der Waals surface area contributed by atoms with Crippen LogP contribution in [0.1, 0.15) is 24.3 Å². The standard InChI is InChI=1S/C25H20F3N5O3/c26-18-8-13(24-30-31-25(36-24)23(27)28)6-7-14(18)11-32(16-4-2-1-3-5-16)19-20(22(35)21(19)34)33-12-15-9-17(33)10-29-15/h1-8,15,17,23,29H,9-12H2/t15-,17-/m0/s1. The molecule has 1 N–H and O–H groups in total. The van der Waals surface area contributed by atoms with Crippen LogP contribution < -0.4 is 26.0 Å². The van der Waals surface area contributed by atoms with Crippen LogP contribution in [-0.4, -0.2) is 35.4 Å². The van der Waals surface area contributed by atoms with E-state index >= 15 is 4.39 Å². The second kappa shape index (κ2) is 8.59. The van der Waals surface area contributed by atoms with Gasteiger partial charge in [0, 0.05) is 42.0 Å². The fourth-order valence-electron chi connectivity index (χ4n) is 5.04. The van der Waals surface area contributed by atoms with Crippen LogP contribution in [0.3, 0.4) is 0 Å². The Balaban J connectivity index is 1.36. The SMILES string of the molecule is O=c1c(N(Cc2ccc(-c3nnc(C(F)F)o3)cc2F)c2ccccc2)c(N2C[C@@H]3C[C@H]2CN3)c1=O. The molecule has 8 nitrogen and oxygen atoms in total. The molecule has 1 aromatic heterocycles. The van der Waals surface area contributed by atoms with E-state index in [1.54, 1.807) is 29.2 Å². The Morgan fingerprint density at radius 1 is 1.11 bits per heavy atom. The highest BCUT2D eigenvalue weighted by molar-refractivity contribution is 5.82. The number of fused-ring (bicyclic) bond motifs is 2. The van der Waals surface area contributed by atoms with Gasteiger partial charge in [-0.25, -0.2) is 4.39 Å². The zero-order valence-electron chi connectivity index (χ0n) is 18.8. The summed E-state index contributed by atoms with van der Waals surface area (Å²) in [7, 11) is 0. The number of hydrogen-bond donors (Lipinski definition) is 1. The van der Waals surface area contributed by atoms with Crippen LogP contribution in [0, 0.1) is 5.82 Å². The number of piperazine rings is 1. The molecule has 2 atom stereocenters. The van der Waals surface area contributed by atoms with Gasteiger partial charge in [0.25, 0.3) is 16.7 Å². The molecule has 6 rings (SSSR count). The van der Waals surface area contributed by atoms with Crippen LogP contribution in [0.4, 0.5) is 30.2 Å². The molecule has 0 aliphatic carbocycles. The number of nitrogens with one attached hydrogen (secondary N) is 1. The van der Waals surface area contributed by atoms with Gasteiger partial charge in [-0.3, -0.25) is 9.59 Å². The molecule has 184 valence electrons. The highest BCUT2D eigenvalue weighted by Crippen LogP contribution is 2.37. The first-order chi connectivity index (χ1) is 17.4. The quantitative estimate of drug-likeness (QED) is 0.391. The van der Waals surface area contributed by atoms with Crippen molar-refractivity contribution >= 4 is 17.1 Å². The summed E-state index contributed by atoms with van der Waals surface area (Å²) in [5.41, 5.74) is 0.515. The van der Waals surface area contributed by atoms with E-state index in [-0.39, 0.29) is 41.3 Å². The lowest BCUT2D eigenvalue weighted by molar-refractivity contribution is 0.116. The summed E-state index contributed by atoms with van der Waals surface area (Å²) >= 11 is 0. The summed E-state index contributed by atoms with van der Waals surface area (Å²) in [6, 6.07) is 13.5. The molecule has 2 aliphatic heterocycles. The van der Waals surface area contributed by atoms with E-state index < -0.39 is 29.0 Å². The maximum Gasteiger partial charge on any atom is 0.314 e. The molecular weight excluding hydrogens is 475 g/mol. The van der Waals surface area contributed by atoms with Gasteiger partial charge in [-0.05, 0) is 30.7 Å². The fourth-order valence-corrected chi connectivity index (χ4v) is 5.04. The summed E-state index contributed by atoms with van der Waals surface area (Å²) in [6.45, 7) is 1.35. The molecule has 0 radical (unpaired) electrons. The number of rotatable bonds is 7. The number of aromatic nitrogens is 2. The monoisotopic (exact) mass is 495 g/mol. The Kier molecular flexibility index (Phi) is 5.36. The van der Waals surface area contributed by atoms with E-state index in [1.807, 2.05) is 11.0 Å². The molecule has 2 fully saturated rings. The van der Waals surface area contributed by atoms with Gasteiger partial charge < -0.3 is 19.5 Å². The van der Waals surface area contributed by atoms with E-state index in [1.165, 1.54) is 12.1 Å². The molecule has 2 saturated heterocycles. The van der Waals surface area contributed by atoms with Gasteiger partial charge >= 0.3 is 6.43 Å². The van der Waals surface area contributed by atoms with Crippen LogP contribution in [0.25, 0.3) is 11.5 Å². The molecule has 4 aromatic rings. The van der Waals surface area contributed by atoms with Crippen molar-refractivity contribution < 1.29 is 17.6 Å². The summed E-state index contributed by atoms with van der Waals surface area (Å²) in [5.74, 6) is -1.71. The minimum Gasteiger partial charge on any atom is -0.415 e. The van der Waals surface area contributed by atoms with Gasteiger partial charge in [0.05, 0.1) is 6.54 Å². The largest absolute Gasteiger partial charge is 0.415 e. The van der Waals surface area contributed by atoms with Crippen LogP contribution in [0.15, 0.2) is 62.5 Å². The number of anilines is 3. The zero-order valence-corrected chi connectivity index (χ0v) is 18.8. The number of benzene rings is 2. The molecule has 0 saturated carbocycles. The number of nitrogens with zero attached hydrogens (tertiary/aromatic N) is 4. The van der Waals surface area contributed by atoms with Crippen molar-refractivity contribution in [2.24, 2.45) is 0 Å². The van der Waals surface area contributed by atoms with Gasteiger partial charge in [0.15, 0.2) is 0 Å². The third-order valence-corrected chi connectivity index (χ3v) is 6.80. The first kappa shape index (κ1) is 22.5. The van der Waals surface area contributed by atoms with Crippen molar-refractivity contribution in [3.63, 3.8) is 0 Å². The topological polar surface area (TPSA) is 91.6 Å². The van der Waals surface area contributed by atoms with Crippen molar-refractivity contribution in [2.45, 2.75) is 31.5 Å². The van der Waals surface area contributed by atoms with Crippen molar-refractivity contribution in [3.8, 4) is 11.5 Å². The van der Waals surface area contributed by atoms with Crippen molar-refractivity contribution in [1.29, 1.82) is 0 Å². The van der Waals surface area contributed by atoms with Crippen LogP contribution in [0.5, 0.6) is 0 Å². The molecule has 0 amide bonds. The second-order valence-electron chi connectivity index (χ2n) is 8.98. The summed E-state index contributed by atoms with van der Waals surface area (Å²) in [6.07, 6.45) is -2.02. The Labute approximate surface area is 202 Å². The predicted octanol–water partition coefficient (Wildman–Crippen LogP) is 3.30. The third-order valence-electron chi connectivity index (χ3n) is 6.80. The summed E-state index contributed by atoms with van der Waals surface area (Å²) in [4.78, 5) is 29.2. The van der Waals surface area contributed by atoms with Gasteiger partial charge in [-0.1, -0.05) is 24.3 Å². The first-order valence-corrected chi connectivity index (χ1v) is 11.5. The number of halogens is 3. The molecule has 3 heterocycles. The van der Waals surface area contributed by atoms with Gasteiger partial charge in [-0.2, -0.15) is 8.78 Å². The molecule has 3 aromatic carbocycles. The fraction of sp³-hybridized carbons (Fsp3) is 0.280. The smallest absolute Gasteiger partial charge is 0.314 e. The summed E-state index contributed by atoms with van der Waals surface area (Å²) in [5, 5.41) is 10.2. The number of alkyl halides is 2. The maximum absolute atomic E-state index is 15.2. The number of para-hydroxylation sites is 1. The minimum atomic E-state index is -2.93. The molecular formula is C25H20F3N5O3. The molecule has 0 spiro atoms. The van der Waals surface area contributed by atoms with E-state index in [9.17, 15) is 18.4 Å². The van der Waals surface area contributed by atoms with E-state index in [2.05, 4.69) is 15.5 Å². The average molecular weight is 495 g/mol. The lowest BCUT2D eigenvalue weighted by Gasteiger charge is -2.35. The molecule has 11 heteroatoms. The van der Waals surface area contributed by atoms with Crippen molar-refractivity contribution in [1.82, 2.24) is 15.5 Å². The highest BCUT2D eigenvalue weighted by atomic mass is 19.3. The molecule has 36 heavy (non-hydrogen) atoms. The first-order valence-electron chi connectivity index (χ1n) is 11.5. The van der Waals surface area contributed by atoms with E-state index in [0.717, 1.165) is 19.0 Å². The molecule has 2 bridgehead atoms. The Morgan fingerprint density at radius 3 is 2.56 bits per heavy atom. The maximum atomic E-state index is 15.2. The van der Waals surface area contributed by atoms with E-state index in [0.29, 0.717) is 17.9 Å². The normalized spacial score (nSPS) is 19.1. The molecule has 2 aliphatic rings. The second-order valence-corrected chi connectivity index (χ2v) is 8.98. The van der Waals surface area contributed by atoms with Gasteiger partial charge in [-0.15, -0.1) is 10.2 Å². The van der Waals surface area contributed by atoms with Crippen molar-refractivity contribution in [2.75, 3.05) is 22.9 Å². The Morgan fingerprint density at radius 2 is 1.92 bits per heavy atom.